The SMILES string of the molecule is CNC(C(=O)NC1CC(=O)N(CCOc2ccccc2)C1)c1cnn(C)c1. The molecule has 1 aromatic carbocycles. The van der Waals surface area contributed by atoms with E-state index in [1.807, 2.05) is 30.3 Å². The first kappa shape index (κ1) is 18.9. The van der Waals surface area contributed by atoms with Crippen LogP contribution in [0.4, 0.5) is 0 Å². The average Bonchev–Trinajstić information content (AvgIpc) is 3.22. The molecule has 27 heavy (non-hydrogen) atoms. The van der Waals surface area contributed by atoms with Crippen LogP contribution in [0.1, 0.15) is 18.0 Å². The van der Waals surface area contributed by atoms with Gasteiger partial charge in [-0.25, -0.2) is 0 Å². The minimum atomic E-state index is -0.496. The van der Waals surface area contributed by atoms with Crippen LogP contribution in [0, 0.1) is 0 Å². The highest BCUT2D eigenvalue weighted by Crippen LogP contribution is 2.15. The molecule has 2 aromatic rings. The first-order valence-corrected chi connectivity index (χ1v) is 8.98. The molecule has 2 heterocycles. The normalized spacial score (nSPS) is 17.8. The summed E-state index contributed by atoms with van der Waals surface area (Å²) < 4.78 is 7.30. The number of carbonyl (C=O) groups is 2. The highest BCUT2D eigenvalue weighted by molar-refractivity contribution is 5.85. The van der Waals surface area contributed by atoms with Crippen LogP contribution in [0.25, 0.3) is 0 Å². The van der Waals surface area contributed by atoms with E-state index in [0.29, 0.717) is 26.1 Å². The molecule has 0 bridgehead atoms. The standard InChI is InChI=1S/C19H25N5O3/c1-20-18(14-11-21-23(2)12-14)19(26)22-15-10-17(25)24(13-15)8-9-27-16-6-4-3-5-7-16/h3-7,11-12,15,18,20H,8-10,13H2,1-2H3,(H,22,26). The van der Waals surface area contributed by atoms with Crippen molar-refractivity contribution in [3.63, 3.8) is 0 Å². The molecule has 0 spiro atoms. The summed E-state index contributed by atoms with van der Waals surface area (Å²) in [7, 11) is 3.53. The van der Waals surface area contributed by atoms with Crippen molar-refractivity contribution < 1.29 is 14.3 Å². The molecule has 1 aliphatic heterocycles. The predicted octanol–water partition coefficient (Wildman–Crippen LogP) is 0.477. The van der Waals surface area contributed by atoms with Gasteiger partial charge < -0.3 is 20.3 Å². The second kappa shape index (κ2) is 8.68. The number of hydrogen-bond donors (Lipinski definition) is 2. The van der Waals surface area contributed by atoms with Crippen molar-refractivity contribution >= 4 is 11.8 Å². The smallest absolute Gasteiger partial charge is 0.242 e. The summed E-state index contributed by atoms with van der Waals surface area (Å²) in [5.74, 6) is 0.646. The van der Waals surface area contributed by atoms with Crippen LogP contribution in [0.3, 0.4) is 0 Å². The van der Waals surface area contributed by atoms with Gasteiger partial charge in [0.1, 0.15) is 18.4 Å². The first-order valence-electron chi connectivity index (χ1n) is 8.98. The molecule has 0 saturated carbocycles. The Morgan fingerprint density at radius 2 is 2.15 bits per heavy atom. The van der Waals surface area contributed by atoms with Crippen LogP contribution in [0.2, 0.25) is 0 Å². The number of benzene rings is 1. The van der Waals surface area contributed by atoms with Gasteiger partial charge in [0, 0.05) is 31.8 Å². The molecule has 1 aliphatic rings. The van der Waals surface area contributed by atoms with Gasteiger partial charge in [-0.3, -0.25) is 14.3 Å². The maximum Gasteiger partial charge on any atom is 0.242 e. The molecule has 0 aliphatic carbocycles. The summed E-state index contributed by atoms with van der Waals surface area (Å²) in [5.41, 5.74) is 0.787. The number of para-hydroxylation sites is 1. The highest BCUT2D eigenvalue weighted by Gasteiger charge is 2.32. The van der Waals surface area contributed by atoms with Crippen molar-refractivity contribution in [1.29, 1.82) is 0 Å². The fourth-order valence-corrected chi connectivity index (χ4v) is 3.20. The molecule has 2 atom stereocenters. The molecule has 8 heteroatoms. The average molecular weight is 371 g/mol. The summed E-state index contributed by atoms with van der Waals surface area (Å²) in [6.45, 7) is 1.41. The number of hydrogen-bond acceptors (Lipinski definition) is 5. The largest absolute Gasteiger partial charge is 0.492 e. The van der Waals surface area contributed by atoms with E-state index in [0.717, 1.165) is 11.3 Å². The Hall–Kier alpha value is -2.87. The number of nitrogens with one attached hydrogen (secondary N) is 2. The fourth-order valence-electron chi connectivity index (χ4n) is 3.20. The molecular weight excluding hydrogens is 346 g/mol. The summed E-state index contributed by atoms with van der Waals surface area (Å²) in [4.78, 5) is 26.5. The van der Waals surface area contributed by atoms with Gasteiger partial charge in [0.25, 0.3) is 0 Å². The first-order chi connectivity index (χ1) is 13.1. The third kappa shape index (κ3) is 4.85. The van der Waals surface area contributed by atoms with Crippen LogP contribution in [0.15, 0.2) is 42.7 Å². The van der Waals surface area contributed by atoms with Crippen molar-refractivity contribution in [3.8, 4) is 5.75 Å². The van der Waals surface area contributed by atoms with Gasteiger partial charge in [-0.2, -0.15) is 5.10 Å². The number of likely N-dealkylation sites (N-methyl/N-ethyl adjacent to an activating group) is 1. The molecule has 8 nitrogen and oxygen atoms in total. The van der Waals surface area contributed by atoms with E-state index in [1.165, 1.54) is 0 Å². The van der Waals surface area contributed by atoms with E-state index in [4.69, 9.17) is 4.74 Å². The molecule has 1 saturated heterocycles. The summed E-state index contributed by atoms with van der Waals surface area (Å²) in [6.07, 6.45) is 3.77. The van der Waals surface area contributed by atoms with Gasteiger partial charge in [-0.1, -0.05) is 18.2 Å². The van der Waals surface area contributed by atoms with Gasteiger partial charge in [0.2, 0.25) is 11.8 Å². The Bertz CT molecular complexity index is 777. The lowest BCUT2D eigenvalue weighted by atomic mass is 10.1. The number of aryl methyl sites for hydroxylation is 1. The van der Waals surface area contributed by atoms with Gasteiger partial charge in [0.15, 0.2) is 0 Å². The minimum Gasteiger partial charge on any atom is -0.492 e. The van der Waals surface area contributed by atoms with E-state index in [1.54, 1.807) is 36.1 Å². The number of rotatable bonds is 8. The zero-order chi connectivity index (χ0) is 19.2. The molecule has 2 N–H and O–H groups in total. The van der Waals surface area contributed by atoms with E-state index in [9.17, 15) is 9.59 Å². The van der Waals surface area contributed by atoms with Gasteiger partial charge in [-0.15, -0.1) is 0 Å². The number of carbonyl (C=O) groups excluding carboxylic acids is 2. The van der Waals surface area contributed by atoms with Crippen molar-refractivity contribution in [2.24, 2.45) is 7.05 Å². The molecule has 144 valence electrons. The quantitative estimate of drug-likeness (QED) is 0.705. The summed E-state index contributed by atoms with van der Waals surface area (Å²) >= 11 is 0. The third-order valence-electron chi connectivity index (χ3n) is 4.54. The fraction of sp³-hybridized carbons (Fsp3) is 0.421. The minimum absolute atomic E-state index is 0.0272. The Balaban J connectivity index is 1.48. The Kier molecular flexibility index (Phi) is 6.08. The Labute approximate surface area is 158 Å². The van der Waals surface area contributed by atoms with Gasteiger partial charge in [0.05, 0.1) is 18.8 Å². The molecule has 3 rings (SSSR count). The maximum absolute atomic E-state index is 12.6. The van der Waals surface area contributed by atoms with Gasteiger partial charge >= 0.3 is 0 Å². The molecular formula is C19H25N5O3. The van der Waals surface area contributed by atoms with Crippen molar-refractivity contribution in [3.05, 3.63) is 48.3 Å². The van der Waals surface area contributed by atoms with E-state index in [2.05, 4.69) is 15.7 Å². The van der Waals surface area contributed by atoms with E-state index < -0.39 is 6.04 Å². The molecule has 1 fully saturated rings. The van der Waals surface area contributed by atoms with Crippen molar-refractivity contribution in [1.82, 2.24) is 25.3 Å². The van der Waals surface area contributed by atoms with Gasteiger partial charge in [-0.05, 0) is 19.2 Å². The maximum atomic E-state index is 12.6. The van der Waals surface area contributed by atoms with Crippen LogP contribution in [-0.2, 0) is 16.6 Å². The summed E-state index contributed by atoms with van der Waals surface area (Å²) in [6, 6.07) is 8.80. The van der Waals surface area contributed by atoms with Crippen LogP contribution in [0.5, 0.6) is 5.75 Å². The number of amides is 2. The number of aromatic nitrogens is 2. The lowest BCUT2D eigenvalue weighted by molar-refractivity contribution is -0.128. The lowest BCUT2D eigenvalue weighted by Crippen LogP contribution is -2.43. The lowest BCUT2D eigenvalue weighted by Gasteiger charge is -2.19. The second-order valence-corrected chi connectivity index (χ2v) is 6.58. The Morgan fingerprint density at radius 1 is 1.37 bits per heavy atom. The summed E-state index contributed by atoms with van der Waals surface area (Å²) in [5, 5.41) is 10.1. The van der Waals surface area contributed by atoms with Crippen LogP contribution in [-0.4, -0.2) is 59.3 Å². The van der Waals surface area contributed by atoms with Crippen LogP contribution >= 0.6 is 0 Å². The molecule has 2 unspecified atom stereocenters. The van der Waals surface area contributed by atoms with E-state index >= 15 is 0 Å². The van der Waals surface area contributed by atoms with Crippen LogP contribution < -0.4 is 15.4 Å². The third-order valence-corrected chi connectivity index (χ3v) is 4.54. The Morgan fingerprint density at radius 3 is 2.81 bits per heavy atom. The van der Waals surface area contributed by atoms with Crippen molar-refractivity contribution in [2.45, 2.75) is 18.5 Å². The van der Waals surface area contributed by atoms with E-state index in [-0.39, 0.29) is 17.9 Å². The molecule has 0 radical (unpaired) electrons. The zero-order valence-electron chi connectivity index (χ0n) is 15.6. The molecule has 1 aromatic heterocycles. The highest BCUT2D eigenvalue weighted by atomic mass is 16.5. The monoisotopic (exact) mass is 371 g/mol. The number of nitrogens with zero attached hydrogens (tertiary/aromatic N) is 3. The van der Waals surface area contributed by atoms with Crippen molar-refractivity contribution in [2.75, 3.05) is 26.7 Å². The second-order valence-electron chi connectivity index (χ2n) is 6.58. The number of ether oxygens (including phenoxy) is 1. The predicted molar refractivity (Wildman–Crippen MR) is 100 cm³/mol. The number of likely N-dealkylation sites (tertiary alicyclic amines) is 1. The zero-order valence-corrected chi connectivity index (χ0v) is 15.6. The topological polar surface area (TPSA) is 88.5 Å². The molecule has 2 amide bonds.